The van der Waals surface area contributed by atoms with Crippen molar-refractivity contribution in [3.8, 4) is 0 Å². The Balaban J connectivity index is 2.66. The van der Waals surface area contributed by atoms with Gasteiger partial charge in [-0.3, -0.25) is 19.9 Å². The van der Waals surface area contributed by atoms with E-state index in [0.29, 0.717) is 6.42 Å². The summed E-state index contributed by atoms with van der Waals surface area (Å²) in [6.45, 7) is 6.10. The third-order valence-corrected chi connectivity index (χ3v) is 1.73. The van der Waals surface area contributed by atoms with Crippen LogP contribution in [0.5, 0.6) is 0 Å². The maximum atomic E-state index is 11.2. The van der Waals surface area contributed by atoms with Crippen molar-refractivity contribution in [2.75, 3.05) is 0 Å². The Kier molecular flexibility index (Phi) is 2.50. The van der Waals surface area contributed by atoms with Crippen molar-refractivity contribution in [3.05, 3.63) is 0 Å². The fourth-order valence-electron chi connectivity index (χ4n) is 1.19. The quantitative estimate of drug-likeness (QED) is 0.601. The number of hydrogen-bond acceptors (Lipinski definition) is 3. The van der Waals surface area contributed by atoms with Gasteiger partial charge in [-0.05, 0) is 11.8 Å². The van der Waals surface area contributed by atoms with Gasteiger partial charge in [0.25, 0.3) is 11.8 Å². The van der Waals surface area contributed by atoms with Crippen molar-refractivity contribution in [1.29, 1.82) is 0 Å². The lowest BCUT2D eigenvalue weighted by atomic mass is 9.88. The van der Waals surface area contributed by atoms with Crippen LogP contribution in [0.2, 0.25) is 0 Å². The molecular formula is C9H14N2O2. The Hall–Kier alpha value is -1.19. The van der Waals surface area contributed by atoms with Crippen LogP contribution in [0, 0.1) is 5.41 Å². The van der Waals surface area contributed by atoms with E-state index < -0.39 is 11.9 Å². The summed E-state index contributed by atoms with van der Waals surface area (Å²) in [6.07, 6.45) is 1.83. The number of nitrogens with one attached hydrogen (secondary N) is 1. The second-order valence-corrected chi connectivity index (χ2v) is 4.41. The number of carbonyl (C=O) groups is 2. The zero-order valence-electron chi connectivity index (χ0n) is 8.13. The monoisotopic (exact) mass is 182 g/mol. The molecule has 13 heavy (non-hydrogen) atoms. The second kappa shape index (κ2) is 3.28. The largest absolute Gasteiger partial charge is 0.290 e. The molecule has 0 saturated carbocycles. The number of rotatable bonds is 1. The van der Waals surface area contributed by atoms with Crippen LogP contribution in [0.4, 0.5) is 0 Å². The smallest absolute Gasteiger partial charge is 0.268 e. The van der Waals surface area contributed by atoms with E-state index in [1.165, 1.54) is 6.21 Å². The van der Waals surface area contributed by atoms with Crippen molar-refractivity contribution in [3.63, 3.8) is 0 Å². The lowest BCUT2D eigenvalue weighted by molar-refractivity contribution is -0.129. The fraction of sp³-hybridized carbons (Fsp3) is 0.667. The molecule has 4 nitrogen and oxygen atoms in total. The van der Waals surface area contributed by atoms with Crippen LogP contribution in [0.25, 0.3) is 0 Å². The SMILES string of the molecule is CC(C)(C)CC1N=CC(=O)NC1=O. The minimum Gasteiger partial charge on any atom is -0.290 e. The van der Waals surface area contributed by atoms with Crippen molar-refractivity contribution < 1.29 is 9.59 Å². The van der Waals surface area contributed by atoms with Crippen LogP contribution in [0.15, 0.2) is 4.99 Å². The highest BCUT2D eigenvalue weighted by Gasteiger charge is 2.27. The van der Waals surface area contributed by atoms with E-state index in [9.17, 15) is 9.59 Å². The second-order valence-electron chi connectivity index (χ2n) is 4.41. The van der Waals surface area contributed by atoms with Gasteiger partial charge in [-0.1, -0.05) is 20.8 Å². The topological polar surface area (TPSA) is 58.5 Å². The van der Waals surface area contributed by atoms with E-state index in [1.54, 1.807) is 0 Å². The summed E-state index contributed by atoms with van der Waals surface area (Å²) >= 11 is 0. The molecule has 72 valence electrons. The Morgan fingerprint density at radius 3 is 2.54 bits per heavy atom. The van der Waals surface area contributed by atoms with Crippen molar-refractivity contribution in [2.45, 2.75) is 33.2 Å². The van der Waals surface area contributed by atoms with Crippen molar-refractivity contribution in [1.82, 2.24) is 5.32 Å². The first-order valence-corrected chi connectivity index (χ1v) is 4.26. The van der Waals surface area contributed by atoms with Crippen molar-refractivity contribution in [2.24, 2.45) is 10.4 Å². The lowest BCUT2D eigenvalue weighted by Gasteiger charge is -2.23. The minimum absolute atomic E-state index is 0.0414. The van der Waals surface area contributed by atoms with Gasteiger partial charge >= 0.3 is 0 Å². The van der Waals surface area contributed by atoms with Crippen molar-refractivity contribution >= 4 is 18.0 Å². The first kappa shape index (κ1) is 9.89. The molecule has 0 saturated heterocycles. The summed E-state index contributed by atoms with van der Waals surface area (Å²) < 4.78 is 0. The third-order valence-electron chi connectivity index (χ3n) is 1.73. The molecule has 2 amide bonds. The Morgan fingerprint density at radius 1 is 1.46 bits per heavy atom. The van der Waals surface area contributed by atoms with E-state index in [1.807, 2.05) is 20.8 Å². The number of amides is 2. The van der Waals surface area contributed by atoms with E-state index in [2.05, 4.69) is 10.3 Å². The van der Waals surface area contributed by atoms with Gasteiger partial charge < -0.3 is 0 Å². The number of imide groups is 1. The molecule has 1 rings (SSSR count). The Bertz CT molecular complexity index is 263. The molecular weight excluding hydrogens is 168 g/mol. The van der Waals surface area contributed by atoms with Crippen LogP contribution in [0.3, 0.4) is 0 Å². The fourth-order valence-corrected chi connectivity index (χ4v) is 1.19. The van der Waals surface area contributed by atoms with Gasteiger partial charge in [0.2, 0.25) is 0 Å². The highest BCUT2D eigenvalue weighted by molar-refractivity contribution is 6.32. The van der Waals surface area contributed by atoms with Crippen LogP contribution >= 0.6 is 0 Å². The van der Waals surface area contributed by atoms with E-state index in [0.717, 1.165) is 0 Å². The average molecular weight is 182 g/mol. The van der Waals surface area contributed by atoms with Gasteiger partial charge in [-0.25, -0.2) is 0 Å². The first-order chi connectivity index (χ1) is 5.88. The number of hydrogen-bond donors (Lipinski definition) is 1. The van der Waals surface area contributed by atoms with Crippen LogP contribution in [0.1, 0.15) is 27.2 Å². The molecule has 0 radical (unpaired) electrons. The first-order valence-electron chi connectivity index (χ1n) is 4.26. The van der Waals surface area contributed by atoms with Gasteiger partial charge in [0, 0.05) is 0 Å². The van der Waals surface area contributed by atoms with Crippen LogP contribution in [-0.4, -0.2) is 24.1 Å². The zero-order chi connectivity index (χ0) is 10.1. The molecule has 0 aromatic heterocycles. The normalized spacial score (nSPS) is 23.2. The summed E-state index contributed by atoms with van der Waals surface area (Å²) in [5, 5.41) is 2.22. The van der Waals surface area contributed by atoms with Gasteiger partial charge in [0.05, 0.1) is 6.21 Å². The maximum absolute atomic E-state index is 11.2. The summed E-state index contributed by atoms with van der Waals surface area (Å²) in [5.41, 5.74) is 0.0414. The highest BCUT2D eigenvalue weighted by atomic mass is 16.2. The van der Waals surface area contributed by atoms with Crippen LogP contribution in [-0.2, 0) is 9.59 Å². The molecule has 1 N–H and O–H groups in total. The molecule has 4 heteroatoms. The third kappa shape index (κ3) is 2.97. The molecule has 1 unspecified atom stereocenters. The maximum Gasteiger partial charge on any atom is 0.268 e. The van der Waals surface area contributed by atoms with Gasteiger partial charge in [0.15, 0.2) is 0 Å². The Labute approximate surface area is 77.4 Å². The predicted molar refractivity (Wildman–Crippen MR) is 49.5 cm³/mol. The molecule has 0 aromatic carbocycles. The molecule has 0 aliphatic carbocycles. The number of nitrogens with zero attached hydrogens (tertiary/aromatic N) is 1. The minimum atomic E-state index is -0.421. The molecule has 0 aromatic rings. The van der Waals surface area contributed by atoms with Gasteiger partial charge in [-0.2, -0.15) is 0 Å². The molecule has 1 heterocycles. The standard InChI is InChI=1S/C9H14N2O2/c1-9(2,3)4-6-8(13)11-7(12)5-10-6/h5-6H,4H2,1-3H3,(H,11,12,13). The van der Waals surface area contributed by atoms with Gasteiger partial charge in [-0.15, -0.1) is 0 Å². The molecule has 1 aliphatic heterocycles. The Morgan fingerprint density at radius 2 is 2.08 bits per heavy atom. The zero-order valence-corrected chi connectivity index (χ0v) is 8.13. The number of aliphatic imine (C=N–C) groups is 1. The molecule has 0 bridgehead atoms. The average Bonchev–Trinajstić information content (AvgIpc) is 1.93. The summed E-state index contributed by atoms with van der Waals surface area (Å²) in [4.78, 5) is 25.8. The molecule has 0 spiro atoms. The highest BCUT2D eigenvalue weighted by Crippen LogP contribution is 2.22. The predicted octanol–water partition coefficient (Wildman–Crippen LogP) is 0.518. The van der Waals surface area contributed by atoms with Crippen LogP contribution < -0.4 is 5.32 Å². The van der Waals surface area contributed by atoms with E-state index in [4.69, 9.17) is 0 Å². The summed E-state index contributed by atoms with van der Waals surface area (Å²) in [7, 11) is 0. The van der Waals surface area contributed by atoms with E-state index in [-0.39, 0.29) is 11.3 Å². The summed E-state index contributed by atoms with van der Waals surface area (Å²) in [6, 6.07) is -0.405. The van der Waals surface area contributed by atoms with Gasteiger partial charge in [0.1, 0.15) is 6.04 Å². The molecule has 1 aliphatic rings. The summed E-state index contributed by atoms with van der Waals surface area (Å²) in [5.74, 6) is -0.711. The lowest BCUT2D eigenvalue weighted by Crippen LogP contribution is -2.44. The molecule has 1 atom stereocenters. The number of carbonyl (C=O) groups excluding carboxylic acids is 2. The molecule has 0 fully saturated rings. The van der Waals surface area contributed by atoms with E-state index >= 15 is 0 Å².